The zero-order chi connectivity index (χ0) is 19.9. The van der Waals surface area contributed by atoms with Crippen molar-refractivity contribution in [1.29, 1.82) is 0 Å². The first-order valence-corrected chi connectivity index (χ1v) is 10.2. The first-order chi connectivity index (χ1) is 13.9. The number of benzene rings is 1. The van der Waals surface area contributed by atoms with E-state index in [-0.39, 0.29) is 40.0 Å². The lowest BCUT2D eigenvalue weighted by atomic mass is 9.36. The predicted octanol–water partition coefficient (Wildman–Crippen LogP) is 2.70. The topological polar surface area (TPSA) is 97.1 Å². The molecule has 0 saturated heterocycles. The van der Waals surface area contributed by atoms with E-state index < -0.39 is 0 Å². The number of aromatic nitrogens is 2. The van der Waals surface area contributed by atoms with Gasteiger partial charge in [-0.05, 0) is 69.2 Å². The van der Waals surface area contributed by atoms with Crippen LogP contribution in [0.5, 0.6) is 0 Å². The van der Waals surface area contributed by atoms with Gasteiger partial charge >= 0.3 is 11.8 Å². The number of carbonyl (C=O) groups excluding carboxylic acids is 2. The first-order valence-electron chi connectivity index (χ1n) is 10.2. The maximum Gasteiger partial charge on any atom is 0.315 e. The predicted molar refractivity (Wildman–Crippen MR) is 98.6 cm³/mol. The van der Waals surface area contributed by atoms with E-state index in [1.165, 1.54) is 24.3 Å². The number of nitrogens with one attached hydrogen (secondary N) is 2. The van der Waals surface area contributed by atoms with E-state index in [0.29, 0.717) is 17.3 Å². The minimum absolute atomic E-state index is 0.0384. The van der Waals surface area contributed by atoms with Crippen molar-refractivity contribution in [2.45, 2.75) is 61.9 Å². The molecule has 0 radical (unpaired) electrons. The number of amides is 2. The number of rotatable bonds is 6. The van der Waals surface area contributed by atoms with Gasteiger partial charge in [-0.15, -0.1) is 0 Å². The van der Waals surface area contributed by atoms with Crippen LogP contribution in [0.1, 0.15) is 77.7 Å². The molecule has 2 aromatic rings. The van der Waals surface area contributed by atoms with Gasteiger partial charge in [0, 0.05) is 28.0 Å². The van der Waals surface area contributed by atoms with Gasteiger partial charge in [0.2, 0.25) is 0 Å². The highest BCUT2D eigenvalue weighted by Gasteiger charge is 2.79. The quantitative estimate of drug-likeness (QED) is 0.783. The van der Waals surface area contributed by atoms with Crippen LogP contribution >= 0.6 is 0 Å². The van der Waals surface area contributed by atoms with Crippen molar-refractivity contribution in [3.05, 3.63) is 47.4 Å². The molecule has 5 aliphatic carbocycles. The zero-order valence-corrected chi connectivity index (χ0v) is 15.8. The van der Waals surface area contributed by atoms with Gasteiger partial charge in [-0.1, -0.05) is 5.16 Å². The number of halogens is 1. The molecule has 29 heavy (non-hydrogen) atoms. The van der Waals surface area contributed by atoms with Gasteiger partial charge in [-0.2, -0.15) is 4.98 Å². The van der Waals surface area contributed by atoms with Gasteiger partial charge in [0.05, 0.1) is 0 Å². The second-order valence-corrected chi connectivity index (χ2v) is 9.32. The van der Waals surface area contributed by atoms with Crippen LogP contribution in [0.3, 0.4) is 0 Å². The van der Waals surface area contributed by atoms with Crippen molar-refractivity contribution in [3.8, 4) is 0 Å². The molecule has 8 heteroatoms. The normalized spacial score (nSPS) is 30.7. The highest BCUT2D eigenvalue weighted by Crippen LogP contribution is 2.76. The van der Waals surface area contributed by atoms with Gasteiger partial charge in [-0.3, -0.25) is 9.59 Å². The summed E-state index contributed by atoms with van der Waals surface area (Å²) in [6.07, 6.45) is 6.53. The molecule has 2 amide bonds. The van der Waals surface area contributed by atoms with Crippen LogP contribution in [-0.2, 0) is 0 Å². The molecule has 0 aliphatic heterocycles. The molecule has 150 valence electrons. The molecule has 5 saturated carbocycles. The maximum atomic E-state index is 13.1. The number of hydrogen-bond acceptors (Lipinski definition) is 5. The third kappa shape index (κ3) is 2.54. The van der Waals surface area contributed by atoms with Crippen molar-refractivity contribution >= 4 is 11.8 Å². The third-order valence-corrected chi connectivity index (χ3v) is 7.21. The maximum absolute atomic E-state index is 13.1. The second-order valence-electron chi connectivity index (χ2n) is 9.32. The van der Waals surface area contributed by atoms with Gasteiger partial charge in [0.25, 0.3) is 5.91 Å². The average Bonchev–Trinajstić information content (AvgIpc) is 3.57. The third-order valence-electron chi connectivity index (χ3n) is 7.21. The Morgan fingerprint density at radius 3 is 2.34 bits per heavy atom. The molecular formula is C21H21FN4O3. The van der Waals surface area contributed by atoms with Gasteiger partial charge < -0.3 is 15.2 Å². The highest BCUT2D eigenvalue weighted by atomic mass is 19.1. The Morgan fingerprint density at radius 1 is 1.03 bits per heavy atom. The van der Waals surface area contributed by atoms with E-state index in [1.807, 2.05) is 0 Å². The molecule has 5 aliphatic rings. The lowest BCUT2D eigenvalue weighted by Crippen LogP contribution is -2.80. The molecule has 0 atom stereocenters. The van der Waals surface area contributed by atoms with Crippen molar-refractivity contribution in [2.75, 3.05) is 0 Å². The fourth-order valence-electron chi connectivity index (χ4n) is 5.36. The van der Waals surface area contributed by atoms with Crippen LogP contribution in [0.2, 0.25) is 0 Å². The van der Waals surface area contributed by atoms with Crippen LogP contribution in [-0.4, -0.2) is 33.0 Å². The zero-order valence-electron chi connectivity index (χ0n) is 15.8. The van der Waals surface area contributed by atoms with Crippen molar-refractivity contribution < 1.29 is 18.5 Å². The Balaban J connectivity index is 1.08. The summed E-state index contributed by atoms with van der Waals surface area (Å²) in [4.78, 5) is 29.3. The SMILES string of the molecule is O=C(NC1(C23CC(NC(=O)c4nc(C5CC5)no4)(C2)C3)CC1)c1ccc(F)cc1. The van der Waals surface area contributed by atoms with Gasteiger partial charge in [-0.25, -0.2) is 4.39 Å². The van der Waals surface area contributed by atoms with E-state index in [1.54, 1.807) is 0 Å². The van der Waals surface area contributed by atoms with E-state index in [2.05, 4.69) is 20.8 Å². The molecular weight excluding hydrogens is 375 g/mol. The summed E-state index contributed by atoms with van der Waals surface area (Å²) in [6, 6.07) is 5.61. The number of hydrogen-bond donors (Lipinski definition) is 2. The van der Waals surface area contributed by atoms with Gasteiger partial charge in [0.1, 0.15) is 5.82 Å². The van der Waals surface area contributed by atoms with Crippen LogP contribution in [0.25, 0.3) is 0 Å². The van der Waals surface area contributed by atoms with E-state index in [9.17, 15) is 14.0 Å². The van der Waals surface area contributed by atoms with Crippen molar-refractivity contribution in [2.24, 2.45) is 5.41 Å². The molecule has 7 rings (SSSR count). The molecule has 7 nitrogen and oxygen atoms in total. The minimum Gasteiger partial charge on any atom is -0.346 e. The molecule has 2 N–H and O–H groups in total. The Morgan fingerprint density at radius 2 is 1.72 bits per heavy atom. The summed E-state index contributed by atoms with van der Waals surface area (Å²) < 4.78 is 18.2. The Hall–Kier alpha value is -2.77. The largest absolute Gasteiger partial charge is 0.346 e. The van der Waals surface area contributed by atoms with Crippen LogP contribution in [0, 0.1) is 11.2 Å². The smallest absolute Gasteiger partial charge is 0.315 e. The Bertz CT molecular complexity index is 1000. The van der Waals surface area contributed by atoms with Crippen LogP contribution in [0.15, 0.2) is 28.8 Å². The fourth-order valence-corrected chi connectivity index (χ4v) is 5.36. The Kier molecular flexibility index (Phi) is 3.21. The monoisotopic (exact) mass is 396 g/mol. The Labute approximate surface area is 166 Å². The minimum atomic E-state index is -0.356. The lowest BCUT2D eigenvalue weighted by molar-refractivity contribution is -0.175. The standard InChI is InChI=1S/C21H21FN4O3/c22-14-5-3-13(4-6-14)16(27)25-21(7-8-21)19-9-20(10-19,11-19)24-17(28)18-23-15(26-29-18)12-1-2-12/h3-6,12H,1-2,7-11H2,(H,24,28)(H,25,27). The number of nitrogens with zero attached hydrogens (tertiary/aromatic N) is 2. The summed E-state index contributed by atoms with van der Waals surface area (Å²) in [7, 11) is 0. The summed E-state index contributed by atoms with van der Waals surface area (Å²) in [5.41, 5.74) is 0.0928. The first kappa shape index (κ1) is 17.1. The van der Waals surface area contributed by atoms with Crippen LogP contribution in [0.4, 0.5) is 4.39 Å². The summed E-state index contributed by atoms with van der Waals surface area (Å²) in [5, 5.41) is 10.2. The summed E-state index contributed by atoms with van der Waals surface area (Å²) in [5.74, 6) is 0.186. The van der Waals surface area contributed by atoms with Gasteiger partial charge in [0.15, 0.2) is 5.82 Å². The molecule has 0 spiro atoms. The summed E-state index contributed by atoms with van der Waals surface area (Å²) >= 11 is 0. The molecule has 1 heterocycles. The van der Waals surface area contributed by atoms with Crippen molar-refractivity contribution in [3.63, 3.8) is 0 Å². The summed E-state index contributed by atoms with van der Waals surface area (Å²) in [6.45, 7) is 0. The van der Waals surface area contributed by atoms with E-state index in [0.717, 1.165) is 44.9 Å². The van der Waals surface area contributed by atoms with E-state index >= 15 is 0 Å². The highest BCUT2D eigenvalue weighted by molar-refractivity contribution is 5.95. The van der Waals surface area contributed by atoms with Crippen LogP contribution < -0.4 is 10.6 Å². The van der Waals surface area contributed by atoms with E-state index in [4.69, 9.17) is 4.52 Å². The second kappa shape index (κ2) is 5.43. The fraction of sp³-hybridized carbons (Fsp3) is 0.524. The molecule has 5 fully saturated rings. The molecule has 1 aromatic carbocycles. The molecule has 1 aromatic heterocycles. The average molecular weight is 396 g/mol. The lowest BCUT2D eigenvalue weighted by Gasteiger charge is -2.73. The molecule has 2 bridgehead atoms. The van der Waals surface area contributed by atoms with Crippen molar-refractivity contribution in [1.82, 2.24) is 20.8 Å². The molecule has 0 unspecified atom stereocenters. The number of carbonyl (C=O) groups is 2.